The largest absolute Gasteiger partial charge is 0.382 e. The van der Waals surface area contributed by atoms with E-state index in [1.807, 2.05) is 37.4 Å². The third-order valence-corrected chi connectivity index (χ3v) is 5.12. The van der Waals surface area contributed by atoms with Crippen LogP contribution in [0.5, 0.6) is 0 Å². The van der Waals surface area contributed by atoms with Crippen molar-refractivity contribution in [2.75, 3.05) is 28.3 Å². The Kier molecular flexibility index (Phi) is 6.33. The van der Waals surface area contributed by atoms with E-state index in [1.165, 1.54) is 0 Å². The molecular formula is C19H25N5OS. The summed E-state index contributed by atoms with van der Waals surface area (Å²) < 4.78 is 0. The van der Waals surface area contributed by atoms with Crippen molar-refractivity contribution in [1.29, 1.82) is 0 Å². The number of nitrogens with one attached hydrogen (secondary N) is 2. The quantitative estimate of drug-likeness (QED) is 0.376. The number of hydrogen-bond donors (Lipinski definition) is 2. The molecule has 138 valence electrons. The van der Waals surface area contributed by atoms with E-state index in [1.54, 1.807) is 16.7 Å². The summed E-state index contributed by atoms with van der Waals surface area (Å²) in [6, 6.07) is 10.4. The van der Waals surface area contributed by atoms with Gasteiger partial charge in [0.25, 0.3) is 0 Å². The lowest BCUT2D eigenvalue weighted by Crippen LogP contribution is -2.24. The second-order valence-corrected chi connectivity index (χ2v) is 7.35. The van der Waals surface area contributed by atoms with Gasteiger partial charge < -0.3 is 10.6 Å². The molecule has 0 bridgehead atoms. The maximum Gasteiger partial charge on any atom is 0.215 e. The van der Waals surface area contributed by atoms with E-state index in [0.29, 0.717) is 23.6 Å². The molecule has 0 atom stereocenters. The van der Waals surface area contributed by atoms with Gasteiger partial charge in [-0.05, 0) is 24.8 Å². The van der Waals surface area contributed by atoms with Crippen LogP contribution < -0.4 is 15.5 Å². The summed E-state index contributed by atoms with van der Waals surface area (Å²) in [6.07, 6.45) is 4.19. The average Bonchev–Trinajstić information content (AvgIpc) is 3.49. The van der Waals surface area contributed by atoms with Crippen LogP contribution in [0, 0.1) is 0 Å². The highest BCUT2D eigenvalue weighted by atomic mass is 32.2. The van der Waals surface area contributed by atoms with Crippen molar-refractivity contribution < 1.29 is 4.79 Å². The summed E-state index contributed by atoms with van der Waals surface area (Å²) in [5, 5.41) is 7.35. The maximum atomic E-state index is 11.9. The van der Waals surface area contributed by atoms with Gasteiger partial charge in [-0.25, -0.2) is 9.97 Å². The van der Waals surface area contributed by atoms with Gasteiger partial charge in [0.1, 0.15) is 5.69 Å². The number of rotatable bonds is 10. The number of carbonyl (C=O) groups is 1. The molecule has 1 heterocycles. The highest BCUT2D eigenvalue weighted by Crippen LogP contribution is 2.35. The fourth-order valence-corrected chi connectivity index (χ4v) is 3.29. The van der Waals surface area contributed by atoms with E-state index >= 15 is 0 Å². The fourth-order valence-electron chi connectivity index (χ4n) is 2.59. The van der Waals surface area contributed by atoms with Gasteiger partial charge in [-0.15, -0.1) is 0 Å². The standard InChI is InChI=1S/C19H25N5OS/c1-3-11-26-19-22-17(21-15-9-10-15)16(20-2)18(23-19)24(13-25)12-14-7-5-4-6-8-14/h4-8,13,15,20H,3,9-12H2,1-2H3,(H,21,22,23). The number of anilines is 3. The van der Waals surface area contributed by atoms with Gasteiger partial charge in [-0.2, -0.15) is 0 Å². The first-order valence-corrected chi connectivity index (χ1v) is 9.98. The van der Waals surface area contributed by atoms with Gasteiger partial charge >= 0.3 is 0 Å². The van der Waals surface area contributed by atoms with Crippen molar-refractivity contribution in [3.63, 3.8) is 0 Å². The fraction of sp³-hybridized carbons (Fsp3) is 0.421. The van der Waals surface area contributed by atoms with E-state index < -0.39 is 0 Å². The SMILES string of the molecule is CCCSc1nc(NC2CC2)c(NC)c(N(C=O)Cc2ccccc2)n1. The molecule has 0 spiro atoms. The zero-order valence-electron chi connectivity index (χ0n) is 15.2. The Morgan fingerprint density at radius 2 is 2.04 bits per heavy atom. The number of carbonyl (C=O) groups excluding carboxylic acids is 1. The molecule has 1 aliphatic rings. The van der Waals surface area contributed by atoms with Crippen molar-refractivity contribution >= 4 is 35.5 Å². The summed E-state index contributed by atoms with van der Waals surface area (Å²) >= 11 is 1.62. The smallest absolute Gasteiger partial charge is 0.215 e. The zero-order valence-corrected chi connectivity index (χ0v) is 16.1. The molecule has 7 heteroatoms. The van der Waals surface area contributed by atoms with E-state index in [0.717, 1.165) is 48.5 Å². The molecule has 0 unspecified atom stereocenters. The molecule has 2 N–H and O–H groups in total. The van der Waals surface area contributed by atoms with Crippen LogP contribution in [0.3, 0.4) is 0 Å². The van der Waals surface area contributed by atoms with Gasteiger partial charge in [0.2, 0.25) is 6.41 Å². The maximum absolute atomic E-state index is 11.9. The molecule has 26 heavy (non-hydrogen) atoms. The Morgan fingerprint density at radius 1 is 1.27 bits per heavy atom. The molecule has 1 aromatic carbocycles. The van der Waals surface area contributed by atoms with Crippen LogP contribution in [0.25, 0.3) is 0 Å². The molecule has 1 saturated carbocycles. The Hall–Kier alpha value is -2.28. The van der Waals surface area contributed by atoms with Gasteiger partial charge in [0.05, 0.1) is 6.54 Å². The van der Waals surface area contributed by atoms with E-state index in [4.69, 9.17) is 0 Å². The Balaban J connectivity index is 1.96. The summed E-state index contributed by atoms with van der Waals surface area (Å²) in [7, 11) is 1.84. The van der Waals surface area contributed by atoms with Gasteiger partial charge in [-0.1, -0.05) is 49.0 Å². The lowest BCUT2D eigenvalue weighted by Gasteiger charge is -2.22. The van der Waals surface area contributed by atoms with Crippen molar-refractivity contribution in [3.8, 4) is 0 Å². The molecule has 0 aliphatic heterocycles. The molecule has 1 aliphatic carbocycles. The Labute approximate surface area is 158 Å². The molecule has 2 aromatic rings. The van der Waals surface area contributed by atoms with Crippen molar-refractivity contribution in [2.45, 2.75) is 43.9 Å². The Bertz CT molecular complexity index is 736. The summed E-state index contributed by atoms with van der Waals surface area (Å²) in [6.45, 7) is 2.60. The average molecular weight is 372 g/mol. The molecule has 0 saturated heterocycles. The third-order valence-electron chi connectivity index (χ3n) is 4.07. The predicted octanol–water partition coefficient (Wildman–Crippen LogP) is 3.76. The monoisotopic (exact) mass is 371 g/mol. The Morgan fingerprint density at radius 3 is 2.65 bits per heavy atom. The molecule has 1 fully saturated rings. The van der Waals surface area contributed by atoms with Crippen LogP contribution in [0.1, 0.15) is 31.7 Å². The van der Waals surface area contributed by atoms with Crippen LogP contribution >= 0.6 is 11.8 Å². The van der Waals surface area contributed by atoms with E-state index in [-0.39, 0.29) is 0 Å². The van der Waals surface area contributed by atoms with Crippen LogP contribution in [0.2, 0.25) is 0 Å². The zero-order chi connectivity index (χ0) is 18.4. The highest BCUT2D eigenvalue weighted by Gasteiger charge is 2.26. The lowest BCUT2D eigenvalue weighted by molar-refractivity contribution is -0.107. The van der Waals surface area contributed by atoms with Gasteiger partial charge in [0.15, 0.2) is 16.8 Å². The van der Waals surface area contributed by atoms with Crippen LogP contribution in [0.4, 0.5) is 17.3 Å². The molecule has 6 nitrogen and oxygen atoms in total. The number of thioether (sulfide) groups is 1. The van der Waals surface area contributed by atoms with Crippen LogP contribution in [-0.2, 0) is 11.3 Å². The second kappa shape index (κ2) is 8.89. The van der Waals surface area contributed by atoms with Crippen molar-refractivity contribution in [2.24, 2.45) is 0 Å². The highest BCUT2D eigenvalue weighted by molar-refractivity contribution is 7.99. The normalized spacial score (nSPS) is 13.3. The molecule has 0 radical (unpaired) electrons. The minimum atomic E-state index is 0.465. The number of benzene rings is 1. The third kappa shape index (κ3) is 4.66. The number of hydrogen-bond acceptors (Lipinski definition) is 6. The second-order valence-electron chi connectivity index (χ2n) is 6.29. The van der Waals surface area contributed by atoms with Gasteiger partial charge in [-0.3, -0.25) is 9.69 Å². The first-order valence-electron chi connectivity index (χ1n) is 9.00. The van der Waals surface area contributed by atoms with Crippen LogP contribution in [0.15, 0.2) is 35.5 Å². The van der Waals surface area contributed by atoms with Crippen molar-refractivity contribution in [1.82, 2.24) is 9.97 Å². The lowest BCUT2D eigenvalue weighted by atomic mass is 10.2. The topological polar surface area (TPSA) is 70.2 Å². The minimum absolute atomic E-state index is 0.465. The molecular weight excluding hydrogens is 346 g/mol. The van der Waals surface area contributed by atoms with Crippen molar-refractivity contribution in [3.05, 3.63) is 35.9 Å². The number of amides is 1. The first kappa shape index (κ1) is 18.5. The molecule has 1 amide bonds. The van der Waals surface area contributed by atoms with E-state index in [2.05, 4.69) is 27.5 Å². The summed E-state index contributed by atoms with van der Waals surface area (Å²) in [4.78, 5) is 22.9. The molecule has 1 aromatic heterocycles. The van der Waals surface area contributed by atoms with Gasteiger partial charge in [0, 0.05) is 18.8 Å². The number of nitrogens with zero attached hydrogens (tertiary/aromatic N) is 3. The summed E-state index contributed by atoms with van der Waals surface area (Å²) in [5.74, 6) is 2.34. The van der Waals surface area contributed by atoms with Crippen LogP contribution in [-0.4, -0.2) is 35.2 Å². The van der Waals surface area contributed by atoms with E-state index in [9.17, 15) is 4.79 Å². The first-order chi connectivity index (χ1) is 12.7. The molecule has 3 rings (SSSR count). The summed E-state index contributed by atoms with van der Waals surface area (Å²) in [5.41, 5.74) is 1.82. The number of aromatic nitrogens is 2. The minimum Gasteiger partial charge on any atom is -0.382 e. The predicted molar refractivity (Wildman–Crippen MR) is 108 cm³/mol.